The van der Waals surface area contributed by atoms with Crippen LogP contribution in [0.5, 0.6) is 11.5 Å². The van der Waals surface area contributed by atoms with Crippen molar-refractivity contribution < 1.29 is 38.1 Å². The lowest BCUT2D eigenvalue weighted by molar-refractivity contribution is 0.0688. The summed E-state index contributed by atoms with van der Waals surface area (Å²) in [4.78, 5) is 34.7. The van der Waals surface area contributed by atoms with E-state index in [1.165, 1.54) is 0 Å². The Hall–Kier alpha value is -8.24. The van der Waals surface area contributed by atoms with Gasteiger partial charge in [0.1, 0.15) is 47.4 Å². The van der Waals surface area contributed by atoms with E-state index in [-0.39, 0.29) is 23.3 Å². The van der Waals surface area contributed by atoms with Crippen molar-refractivity contribution in [3.8, 4) is 34.0 Å². The number of nitrogens with zero attached hydrogens (tertiary/aromatic N) is 2. The third-order valence-electron chi connectivity index (χ3n) is 12.1. The molecule has 0 bridgehead atoms. The number of pyridine rings is 2. The lowest BCUT2D eigenvalue weighted by Crippen LogP contribution is -2.07. The molecule has 0 saturated carbocycles. The van der Waals surface area contributed by atoms with Gasteiger partial charge in [0.2, 0.25) is 0 Å². The minimum Gasteiger partial charge on any atom is -0.485 e. The number of fused-ring (bicyclic) bond motifs is 4. The summed E-state index contributed by atoms with van der Waals surface area (Å²) in [5, 5.41) is 23.2. The lowest BCUT2D eigenvalue weighted by Gasteiger charge is -2.19. The molecule has 10 nitrogen and oxygen atoms in total. The molecule has 10 heteroatoms. The first-order chi connectivity index (χ1) is 32.5. The Labute approximate surface area is 387 Å². The number of carboxylic acids is 2. The van der Waals surface area contributed by atoms with E-state index < -0.39 is 11.9 Å². The van der Waals surface area contributed by atoms with Crippen LogP contribution in [0.2, 0.25) is 0 Å². The molecular formula is C57H48N2O8. The largest absolute Gasteiger partial charge is 0.485 e. The molecular weight excluding hydrogens is 841 g/mol. The summed E-state index contributed by atoms with van der Waals surface area (Å²) in [6.07, 6.45) is 4.19. The molecule has 0 saturated heterocycles. The molecule has 334 valence electrons. The fourth-order valence-corrected chi connectivity index (χ4v) is 8.63. The third kappa shape index (κ3) is 8.69. The number of hydrogen-bond donors (Lipinski definition) is 2. The SMILES string of the molecule is CCc1ccc(OC(C)c2cccc(C)c2)c2c(C(=O)O)cc(-c3coc4ccccc34)nc12.CCc1ccc(OC(C)c2ccccc2)c2c(C(=O)O)cc(-c3coc4ccccc34)nc12. The van der Waals surface area contributed by atoms with E-state index in [0.29, 0.717) is 57.5 Å². The Bertz CT molecular complexity index is 3460. The molecule has 0 radical (unpaired) electrons. The monoisotopic (exact) mass is 888 g/mol. The summed E-state index contributed by atoms with van der Waals surface area (Å²) in [7, 11) is 0. The van der Waals surface area contributed by atoms with Crippen molar-refractivity contribution in [3.05, 3.63) is 191 Å². The van der Waals surface area contributed by atoms with Gasteiger partial charge in [-0.3, -0.25) is 0 Å². The Morgan fingerprint density at radius 3 is 1.46 bits per heavy atom. The zero-order chi connectivity index (χ0) is 46.8. The second-order valence-corrected chi connectivity index (χ2v) is 16.5. The quantitative estimate of drug-likeness (QED) is 0.122. The predicted octanol–water partition coefficient (Wildman–Crippen LogP) is 14.4. The van der Waals surface area contributed by atoms with Gasteiger partial charge in [-0.1, -0.05) is 123 Å². The number of benzene rings is 6. The first kappa shape index (κ1) is 44.0. The Morgan fingerprint density at radius 1 is 0.552 bits per heavy atom. The van der Waals surface area contributed by atoms with Crippen LogP contribution >= 0.6 is 0 Å². The fraction of sp³-hybridized carbons (Fsp3) is 0.158. The molecule has 4 heterocycles. The van der Waals surface area contributed by atoms with Crippen LogP contribution in [0.15, 0.2) is 161 Å². The Kier molecular flexibility index (Phi) is 12.3. The van der Waals surface area contributed by atoms with Crippen molar-refractivity contribution >= 4 is 55.7 Å². The van der Waals surface area contributed by atoms with Gasteiger partial charge in [0.25, 0.3) is 0 Å². The number of furan rings is 2. The number of aryl methyl sites for hydroxylation is 3. The minimum absolute atomic E-state index is 0.158. The number of aromatic carboxylic acids is 2. The summed E-state index contributed by atoms with van der Waals surface area (Å²) < 4.78 is 24.0. The van der Waals surface area contributed by atoms with E-state index in [1.807, 2.05) is 156 Å². The third-order valence-corrected chi connectivity index (χ3v) is 12.1. The lowest BCUT2D eigenvalue weighted by atomic mass is 9.99. The molecule has 4 aromatic heterocycles. The Morgan fingerprint density at radius 2 is 1.00 bits per heavy atom. The van der Waals surface area contributed by atoms with Crippen LogP contribution in [0.3, 0.4) is 0 Å². The molecule has 6 aromatic carbocycles. The molecule has 2 atom stereocenters. The maximum absolute atomic E-state index is 12.4. The molecule has 0 aliphatic heterocycles. The van der Waals surface area contributed by atoms with E-state index in [0.717, 1.165) is 60.9 Å². The number of aromatic nitrogens is 2. The average Bonchev–Trinajstić information content (AvgIpc) is 3.99. The normalized spacial score (nSPS) is 12.2. The van der Waals surface area contributed by atoms with Crippen molar-refractivity contribution in [2.75, 3.05) is 0 Å². The van der Waals surface area contributed by atoms with E-state index in [4.69, 9.17) is 28.3 Å². The molecule has 2 unspecified atom stereocenters. The number of hydrogen-bond acceptors (Lipinski definition) is 8. The second-order valence-electron chi connectivity index (χ2n) is 16.5. The van der Waals surface area contributed by atoms with Crippen molar-refractivity contribution in [1.82, 2.24) is 9.97 Å². The van der Waals surface area contributed by atoms with Crippen LogP contribution < -0.4 is 9.47 Å². The van der Waals surface area contributed by atoms with E-state index >= 15 is 0 Å². The van der Waals surface area contributed by atoms with Crippen LogP contribution in [0.1, 0.15) is 88.4 Å². The van der Waals surface area contributed by atoms with Crippen molar-refractivity contribution in [2.24, 2.45) is 0 Å². The van der Waals surface area contributed by atoms with Crippen LogP contribution in [-0.4, -0.2) is 32.1 Å². The highest BCUT2D eigenvalue weighted by atomic mass is 16.5. The molecule has 10 rings (SSSR count). The molecule has 10 aromatic rings. The minimum atomic E-state index is -1.03. The number of para-hydroxylation sites is 2. The summed E-state index contributed by atoms with van der Waals surface area (Å²) in [5.74, 6) is -1.04. The smallest absolute Gasteiger partial charge is 0.336 e. The molecule has 0 fully saturated rings. The van der Waals surface area contributed by atoms with E-state index in [9.17, 15) is 19.8 Å². The van der Waals surface area contributed by atoms with Gasteiger partial charge in [0.15, 0.2) is 0 Å². The van der Waals surface area contributed by atoms with E-state index in [1.54, 1.807) is 24.7 Å². The standard InChI is InChI=1S/C29H25NO4.C28H23NO4/c1-4-19-12-13-26(34-18(3)20-9-7-8-17(2)14-20)27-22(29(31)32)15-24(30-28(19)27)23-16-33-25-11-6-5-10-21(23)25;1-3-18-13-14-25(33-17(2)19-9-5-4-6-10-19)26-21(28(30)31)15-23(29-27(18)26)22-16-32-24-12-8-7-11-20(22)24/h5-16,18H,4H2,1-3H3,(H,31,32);4-17H,3H2,1-2H3,(H,30,31). The van der Waals surface area contributed by atoms with Gasteiger partial charge in [0, 0.05) is 21.9 Å². The average molecular weight is 889 g/mol. The van der Waals surface area contributed by atoms with Crippen molar-refractivity contribution in [2.45, 2.75) is 59.7 Å². The Balaban J connectivity index is 0.000000168. The number of carboxylic acid groups (broad SMARTS) is 2. The number of ether oxygens (including phenoxy) is 2. The van der Waals surface area contributed by atoms with Gasteiger partial charge in [-0.05, 0) is 92.3 Å². The van der Waals surface area contributed by atoms with Crippen molar-refractivity contribution in [1.29, 1.82) is 0 Å². The highest BCUT2D eigenvalue weighted by molar-refractivity contribution is 6.09. The summed E-state index contributed by atoms with van der Waals surface area (Å²) >= 11 is 0. The first-order valence-electron chi connectivity index (χ1n) is 22.3. The zero-order valence-electron chi connectivity index (χ0n) is 37.7. The van der Waals surface area contributed by atoms with E-state index in [2.05, 4.69) is 6.07 Å². The molecule has 0 amide bonds. The highest BCUT2D eigenvalue weighted by Gasteiger charge is 2.24. The first-order valence-corrected chi connectivity index (χ1v) is 22.3. The van der Waals surface area contributed by atoms with Crippen LogP contribution in [-0.2, 0) is 12.8 Å². The summed E-state index contributed by atoms with van der Waals surface area (Å²) in [6.45, 7) is 10.0. The zero-order valence-corrected chi connectivity index (χ0v) is 37.7. The van der Waals surface area contributed by atoms with Crippen LogP contribution in [0, 0.1) is 6.92 Å². The van der Waals surface area contributed by atoms with Crippen LogP contribution in [0.25, 0.3) is 66.3 Å². The second kappa shape index (κ2) is 18.7. The highest BCUT2D eigenvalue weighted by Crippen LogP contribution is 2.40. The van der Waals surface area contributed by atoms with Gasteiger partial charge >= 0.3 is 11.9 Å². The summed E-state index contributed by atoms with van der Waals surface area (Å²) in [6, 6.07) is 44.2. The maximum Gasteiger partial charge on any atom is 0.336 e. The predicted molar refractivity (Wildman–Crippen MR) is 262 cm³/mol. The van der Waals surface area contributed by atoms with Gasteiger partial charge in [-0.25, -0.2) is 19.6 Å². The number of rotatable bonds is 12. The van der Waals surface area contributed by atoms with Gasteiger partial charge in [-0.2, -0.15) is 0 Å². The van der Waals surface area contributed by atoms with Gasteiger partial charge in [-0.15, -0.1) is 0 Å². The topological polar surface area (TPSA) is 145 Å². The molecule has 2 N–H and O–H groups in total. The van der Waals surface area contributed by atoms with Gasteiger partial charge < -0.3 is 28.5 Å². The molecule has 0 spiro atoms. The maximum atomic E-state index is 12.4. The summed E-state index contributed by atoms with van der Waals surface area (Å²) in [5.41, 5.74) is 10.8. The molecule has 67 heavy (non-hydrogen) atoms. The van der Waals surface area contributed by atoms with Crippen molar-refractivity contribution in [3.63, 3.8) is 0 Å². The fourth-order valence-electron chi connectivity index (χ4n) is 8.63. The molecule has 0 aliphatic carbocycles. The molecule has 0 aliphatic rings. The number of carbonyl (C=O) groups is 2. The van der Waals surface area contributed by atoms with Crippen LogP contribution in [0.4, 0.5) is 0 Å². The van der Waals surface area contributed by atoms with Gasteiger partial charge in [0.05, 0.1) is 44.3 Å².